The third kappa shape index (κ3) is 4.95. The number of rotatable bonds is 8. The highest BCUT2D eigenvalue weighted by Crippen LogP contribution is 2.51. The Hall–Kier alpha value is -4.42. The molecule has 2 saturated heterocycles. The van der Waals surface area contributed by atoms with Crippen LogP contribution in [0.15, 0.2) is 109 Å². The highest BCUT2D eigenvalue weighted by Gasteiger charge is 2.65. The molecule has 4 heterocycles. The Labute approximate surface area is 279 Å². The van der Waals surface area contributed by atoms with Gasteiger partial charge >= 0.3 is 0 Å². The van der Waals surface area contributed by atoms with Gasteiger partial charge in [-0.3, -0.25) is 19.3 Å². The molecule has 2 amide bonds. The van der Waals surface area contributed by atoms with Gasteiger partial charge in [-0.2, -0.15) is 11.0 Å². The van der Waals surface area contributed by atoms with Gasteiger partial charge in [-0.15, -0.1) is 0 Å². The van der Waals surface area contributed by atoms with Crippen molar-refractivity contribution in [3.8, 4) is 0 Å². The molecule has 4 aliphatic rings. The van der Waals surface area contributed by atoms with Crippen molar-refractivity contribution in [3.63, 3.8) is 0 Å². The Kier molecular flexibility index (Phi) is 8.19. The van der Waals surface area contributed by atoms with E-state index in [2.05, 4.69) is 11.0 Å². The van der Waals surface area contributed by atoms with Crippen LogP contribution in [0.1, 0.15) is 69.7 Å². The average Bonchev–Trinajstić information content (AvgIpc) is 3.71. The molecule has 0 radical (unpaired) electrons. The zero-order valence-corrected chi connectivity index (χ0v) is 27.1. The molecule has 0 bridgehead atoms. The fourth-order valence-electron chi connectivity index (χ4n) is 7.51. The number of nitrogens with one attached hydrogen (secondary N) is 2. The first kappa shape index (κ1) is 32.1. The molecule has 10 heteroatoms. The summed E-state index contributed by atoms with van der Waals surface area (Å²) in [4.78, 5) is 39.6. The minimum atomic E-state index is -1.39. The van der Waals surface area contributed by atoms with E-state index in [0.717, 1.165) is 11.1 Å². The number of hydroxylamine groups is 2. The Morgan fingerprint density at radius 3 is 1.33 bits per heavy atom. The molecule has 0 aliphatic carbocycles. The molecule has 4 aliphatic heterocycles. The average molecular weight is 649 g/mol. The fourth-order valence-corrected chi connectivity index (χ4v) is 7.51. The summed E-state index contributed by atoms with van der Waals surface area (Å²) in [6.45, 7) is 5.55. The maximum atomic E-state index is 12.6. The lowest BCUT2D eigenvalue weighted by atomic mass is 9.84. The van der Waals surface area contributed by atoms with Gasteiger partial charge in [-0.05, 0) is 49.9 Å². The summed E-state index contributed by atoms with van der Waals surface area (Å²) in [5.74, 6) is -0.247. The molecule has 0 saturated carbocycles. The smallest absolute Gasteiger partial charge is 0.256 e. The number of fused-ring (bicyclic) bond motifs is 6. The standard InChI is InChI=1S/2C19H20N2O3/c2*1-18(20-24-13-14-7-3-2-4-8-14)11-12-21-17(22)15-9-5-6-10-16(15)19(18,21)23/h2*2-10,20,23H,11-13H2,1H3/t2*18-,19-/m10/s1. The number of benzene rings is 4. The van der Waals surface area contributed by atoms with Crippen LogP contribution in [0.5, 0.6) is 0 Å². The van der Waals surface area contributed by atoms with E-state index in [1.54, 1.807) is 12.1 Å². The molecule has 4 aromatic carbocycles. The van der Waals surface area contributed by atoms with Crippen LogP contribution in [0.2, 0.25) is 0 Å². The predicted octanol–water partition coefficient (Wildman–Crippen LogP) is 4.34. The van der Waals surface area contributed by atoms with Crippen LogP contribution in [0.4, 0.5) is 0 Å². The first-order valence-corrected chi connectivity index (χ1v) is 16.3. The first-order valence-electron chi connectivity index (χ1n) is 16.3. The molecule has 10 nitrogen and oxygen atoms in total. The molecular formula is C38H40N4O6. The molecule has 4 aromatic rings. The second-order valence-electron chi connectivity index (χ2n) is 13.3. The van der Waals surface area contributed by atoms with Crippen molar-refractivity contribution in [3.05, 3.63) is 143 Å². The third-order valence-corrected chi connectivity index (χ3v) is 10.3. The van der Waals surface area contributed by atoms with Gasteiger partial charge in [0.2, 0.25) is 0 Å². The maximum absolute atomic E-state index is 12.6. The van der Waals surface area contributed by atoms with Gasteiger partial charge < -0.3 is 20.0 Å². The van der Waals surface area contributed by atoms with Crippen molar-refractivity contribution in [2.45, 2.75) is 62.4 Å². The number of nitrogens with zero attached hydrogens (tertiary/aromatic N) is 2. The van der Waals surface area contributed by atoms with Gasteiger partial charge in [0.05, 0.1) is 24.3 Å². The molecule has 48 heavy (non-hydrogen) atoms. The maximum Gasteiger partial charge on any atom is 0.256 e. The van der Waals surface area contributed by atoms with Crippen molar-refractivity contribution >= 4 is 11.8 Å². The molecule has 0 spiro atoms. The number of hydrogen-bond acceptors (Lipinski definition) is 8. The van der Waals surface area contributed by atoms with Crippen LogP contribution in [-0.4, -0.2) is 56.0 Å². The summed E-state index contributed by atoms with van der Waals surface area (Å²) in [6, 6.07) is 34.1. The summed E-state index contributed by atoms with van der Waals surface area (Å²) >= 11 is 0. The summed E-state index contributed by atoms with van der Waals surface area (Å²) in [6.07, 6.45) is 1.22. The lowest BCUT2D eigenvalue weighted by Gasteiger charge is -2.40. The monoisotopic (exact) mass is 648 g/mol. The van der Waals surface area contributed by atoms with Crippen molar-refractivity contribution in [1.82, 2.24) is 20.8 Å². The van der Waals surface area contributed by atoms with E-state index in [0.29, 0.717) is 61.4 Å². The SMILES string of the molecule is C[C@@]1(NOCc2ccccc2)CCN2C(=O)c3ccccc3[C@]21O.C[C@]1(NOCc2ccccc2)CCN2C(=O)c3ccccc3[C@@]21O. The molecule has 4 N–H and O–H groups in total. The number of hydrogen-bond donors (Lipinski definition) is 4. The Bertz CT molecular complexity index is 1690. The van der Waals surface area contributed by atoms with Crippen LogP contribution >= 0.6 is 0 Å². The molecular weight excluding hydrogens is 608 g/mol. The molecule has 0 aromatic heterocycles. The van der Waals surface area contributed by atoms with Gasteiger partial charge in [0.25, 0.3) is 11.8 Å². The Balaban J connectivity index is 0.000000152. The van der Waals surface area contributed by atoms with E-state index >= 15 is 0 Å². The number of carbonyl (C=O) groups excluding carboxylic acids is 2. The van der Waals surface area contributed by atoms with Crippen LogP contribution in [0, 0.1) is 0 Å². The van der Waals surface area contributed by atoms with E-state index in [1.165, 1.54) is 9.80 Å². The van der Waals surface area contributed by atoms with Gasteiger partial charge in [0.15, 0.2) is 11.4 Å². The molecule has 8 rings (SSSR count). The number of aliphatic hydroxyl groups is 2. The van der Waals surface area contributed by atoms with Crippen LogP contribution in [0.25, 0.3) is 0 Å². The van der Waals surface area contributed by atoms with Gasteiger partial charge in [0, 0.05) is 35.3 Å². The predicted molar refractivity (Wildman–Crippen MR) is 178 cm³/mol. The normalized spacial score (nSPS) is 28.1. The fraction of sp³-hybridized carbons (Fsp3) is 0.316. The Morgan fingerprint density at radius 2 is 0.938 bits per heavy atom. The lowest BCUT2D eigenvalue weighted by Crippen LogP contribution is -2.59. The van der Waals surface area contributed by atoms with E-state index < -0.39 is 22.5 Å². The minimum absolute atomic E-state index is 0.123. The zero-order valence-electron chi connectivity index (χ0n) is 27.1. The second-order valence-corrected chi connectivity index (χ2v) is 13.3. The van der Waals surface area contributed by atoms with E-state index in [1.807, 2.05) is 111 Å². The summed E-state index contributed by atoms with van der Waals surface area (Å²) in [5.41, 5.74) is 6.24. The number of carbonyl (C=O) groups is 2. The van der Waals surface area contributed by atoms with Crippen LogP contribution in [-0.2, 0) is 34.3 Å². The van der Waals surface area contributed by atoms with Gasteiger partial charge in [-0.1, -0.05) is 97.1 Å². The van der Waals surface area contributed by atoms with E-state index in [-0.39, 0.29) is 11.8 Å². The molecule has 248 valence electrons. The van der Waals surface area contributed by atoms with Crippen LogP contribution in [0.3, 0.4) is 0 Å². The lowest BCUT2D eigenvalue weighted by molar-refractivity contribution is -0.157. The van der Waals surface area contributed by atoms with Gasteiger partial charge in [0.1, 0.15) is 0 Å². The minimum Gasteiger partial charge on any atom is -0.365 e. The zero-order chi connectivity index (χ0) is 33.6. The van der Waals surface area contributed by atoms with E-state index in [4.69, 9.17) is 9.68 Å². The molecule has 0 unspecified atom stereocenters. The van der Waals surface area contributed by atoms with Crippen LogP contribution < -0.4 is 11.0 Å². The highest BCUT2D eigenvalue weighted by atomic mass is 16.7. The summed E-state index contributed by atoms with van der Waals surface area (Å²) in [7, 11) is 0. The van der Waals surface area contributed by atoms with Crippen molar-refractivity contribution in [1.29, 1.82) is 0 Å². The van der Waals surface area contributed by atoms with Crippen molar-refractivity contribution in [2.24, 2.45) is 0 Å². The van der Waals surface area contributed by atoms with E-state index in [9.17, 15) is 19.8 Å². The van der Waals surface area contributed by atoms with Gasteiger partial charge in [-0.25, -0.2) is 0 Å². The largest absolute Gasteiger partial charge is 0.365 e. The highest BCUT2D eigenvalue weighted by molar-refractivity contribution is 6.01. The summed E-state index contributed by atoms with van der Waals surface area (Å²) in [5, 5.41) is 22.9. The second kappa shape index (κ2) is 12.2. The molecule has 4 atom stereocenters. The van der Waals surface area contributed by atoms with Crippen molar-refractivity contribution < 1.29 is 29.5 Å². The topological polar surface area (TPSA) is 124 Å². The third-order valence-electron chi connectivity index (χ3n) is 10.3. The Morgan fingerprint density at radius 1 is 0.583 bits per heavy atom. The summed E-state index contributed by atoms with van der Waals surface area (Å²) < 4.78 is 0. The van der Waals surface area contributed by atoms with Crippen molar-refractivity contribution in [2.75, 3.05) is 13.1 Å². The quantitative estimate of drug-likeness (QED) is 0.208. The number of amides is 2. The molecule has 2 fully saturated rings. The first-order chi connectivity index (χ1) is 23.1.